The number of nitrogens with zero attached hydrogens (tertiary/aromatic N) is 1. The Balaban J connectivity index is 2.65. The summed E-state index contributed by atoms with van der Waals surface area (Å²) in [5.41, 5.74) is 0.133. The van der Waals surface area contributed by atoms with E-state index in [0.29, 0.717) is 44.8 Å². The van der Waals surface area contributed by atoms with Crippen molar-refractivity contribution < 1.29 is 24.5 Å². The summed E-state index contributed by atoms with van der Waals surface area (Å²) in [5.74, 6) is -1.81. The first-order valence-electron chi connectivity index (χ1n) is 8.44. The lowest BCUT2D eigenvalue weighted by atomic mass is 9.94. The Kier molecular flexibility index (Phi) is 8.87. The van der Waals surface area contributed by atoms with Crippen LogP contribution in [-0.2, 0) is 14.3 Å². The van der Waals surface area contributed by atoms with Gasteiger partial charge in [0.1, 0.15) is 0 Å². The Morgan fingerprint density at radius 1 is 1.09 bits per heavy atom. The van der Waals surface area contributed by atoms with Gasteiger partial charge in [0, 0.05) is 24.2 Å². The highest BCUT2D eigenvalue weighted by Crippen LogP contribution is 2.21. The van der Waals surface area contributed by atoms with E-state index in [4.69, 9.17) is 4.74 Å². The molecule has 1 unspecified atom stereocenters. The third kappa shape index (κ3) is 7.14. The molecule has 1 saturated heterocycles. The fraction of sp³-hybridized carbons (Fsp3) is 0.765. The van der Waals surface area contributed by atoms with Gasteiger partial charge in [0.15, 0.2) is 0 Å². The quantitative estimate of drug-likeness (QED) is 0.599. The molecule has 1 fully saturated rings. The maximum Gasteiger partial charge on any atom is 0.332 e. The van der Waals surface area contributed by atoms with Gasteiger partial charge in [0.05, 0.1) is 13.2 Å². The number of hydrogen-bond acceptors (Lipinski definition) is 4. The summed E-state index contributed by atoms with van der Waals surface area (Å²) < 4.78 is 5.28. The molecule has 0 radical (unpaired) electrons. The second-order valence-electron chi connectivity index (χ2n) is 6.18. The molecule has 1 atom stereocenters. The van der Waals surface area contributed by atoms with Gasteiger partial charge < -0.3 is 14.9 Å². The first-order chi connectivity index (χ1) is 11.0. The van der Waals surface area contributed by atoms with Crippen LogP contribution in [-0.4, -0.2) is 59.9 Å². The van der Waals surface area contributed by atoms with Crippen LogP contribution in [0.25, 0.3) is 0 Å². The van der Waals surface area contributed by atoms with E-state index < -0.39 is 11.9 Å². The summed E-state index contributed by atoms with van der Waals surface area (Å²) in [6, 6.07) is 0. The van der Waals surface area contributed by atoms with Crippen molar-refractivity contribution in [1.82, 2.24) is 4.90 Å². The number of rotatable bonds is 10. The van der Waals surface area contributed by atoms with Crippen molar-refractivity contribution >= 4 is 11.9 Å². The summed E-state index contributed by atoms with van der Waals surface area (Å²) >= 11 is 0. The zero-order valence-corrected chi connectivity index (χ0v) is 14.2. The standard InChI is InChI=1S/C17H29NO5/c1-3-13(2)6-7-15(17(21)22)14(16(19)20)5-4-8-18-9-11-23-12-10-18/h13H,3-12H2,1-2H3,(H,19,20)(H,21,22). The Labute approximate surface area is 138 Å². The van der Waals surface area contributed by atoms with E-state index >= 15 is 0 Å². The molecule has 1 aliphatic heterocycles. The van der Waals surface area contributed by atoms with Crippen molar-refractivity contribution in [3.63, 3.8) is 0 Å². The van der Waals surface area contributed by atoms with E-state index in [1.54, 1.807) is 0 Å². The number of carboxylic acids is 2. The molecule has 0 aromatic rings. The summed E-state index contributed by atoms with van der Waals surface area (Å²) in [5, 5.41) is 18.8. The van der Waals surface area contributed by atoms with Gasteiger partial charge in [-0.15, -0.1) is 0 Å². The molecule has 0 aromatic heterocycles. The fourth-order valence-corrected chi connectivity index (χ4v) is 2.67. The highest BCUT2D eigenvalue weighted by molar-refractivity contribution is 5.98. The van der Waals surface area contributed by atoms with Gasteiger partial charge in [0.2, 0.25) is 0 Å². The minimum atomic E-state index is -1.10. The van der Waals surface area contributed by atoms with Crippen molar-refractivity contribution in [1.29, 1.82) is 0 Å². The number of aliphatic carboxylic acids is 2. The number of carboxylic acid groups (broad SMARTS) is 2. The van der Waals surface area contributed by atoms with Gasteiger partial charge >= 0.3 is 11.9 Å². The van der Waals surface area contributed by atoms with Crippen LogP contribution in [0.15, 0.2) is 11.1 Å². The fourth-order valence-electron chi connectivity index (χ4n) is 2.67. The van der Waals surface area contributed by atoms with E-state index in [1.165, 1.54) is 0 Å². The molecule has 0 aliphatic carbocycles. The summed E-state index contributed by atoms with van der Waals surface area (Å²) in [6.07, 6.45) is 2.95. The first kappa shape index (κ1) is 19.6. The van der Waals surface area contributed by atoms with Crippen molar-refractivity contribution in [2.45, 2.75) is 46.0 Å². The average Bonchev–Trinajstić information content (AvgIpc) is 2.53. The molecule has 0 saturated carbocycles. The van der Waals surface area contributed by atoms with Crippen LogP contribution in [0.2, 0.25) is 0 Å². The first-order valence-corrected chi connectivity index (χ1v) is 8.44. The number of ether oxygens (including phenoxy) is 1. The minimum Gasteiger partial charge on any atom is -0.478 e. The smallest absolute Gasteiger partial charge is 0.332 e. The molecular formula is C17H29NO5. The molecule has 1 aliphatic rings. The maximum atomic E-state index is 11.5. The van der Waals surface area contributed by atoms with Crippen LogP contribution in [0.5, 0.6) is 0 Å². The van der Waals surface area contributed by atoms with Crippen LogP contribution in [0.4, 0.5) is 0 Å². The van der Waals surface area contributed by atoms with Crippen LogP contribution < -0.4 is 0 Å². The largest absolute Gasteiger partial charge is 0.478 e. The summed E-state index contributed by atoms with van der Waals surface area (Å²) in [4.78, 5) is 25.2. The van der Waals surface area contributed by atoms with Crippen LogP contribution >= 0.6 is 0 Å². The second-order valence-corrected chi connectivity index (χ2v) is 6.18. The van der Waals surface area contributed by atoms with E-state index in [-0.39, 0.29) is 11.1 Å². The molecule has 0 amide bonds. The van der Waals surface area contributed by atoms with Crippen molar-refractivity contribution in [2.75, 3.05) is 32.8 Å². The Bertz CT molecular complexity index is 427. The highest BCUT2D eigenvalue weighted by atomic mass is 16.5. The molecular weight excluding hydrogens is 298 g/mol. The molecule has 1 heterocycles. The molecule has 132 valence electrons. The number of hydrogen-bond donors (Lipinski definition) is 2. The topological polar surface area (TPSA) is 87.1 Å². The third-order valence-corrected chi connectivity index (χ3v) is 4.47. The highest BCUT2D eigenvalue weighted by Gasteiger charge is 2.21. The molecule has 6 heteroatoms. The van der Waals surface area contributed by atoms with Crippen molar-refractivity contribution in [3.05, 3.63) is 11.1 Å². The zero-order valence-electron chi connectivity index (χ0n) is 14.2. The summed E-state index contributed by atoms with van der Waals surface area (Å²) in [6.45, 7) is 8.00. The SMILES string of the molecule is CCC(C)CCC(C(=O)O)=C(CCCN1CCOCC1)C(=O)O. The number of carbonyl (C=O) groups is 2. The van der Waals surface area contributed by atoms with Gasteiger partial charge in [-0.3, -0.25) is 4.90 Å². The zero-order chi connectivity index (χ0) is 17.2. The lowest BCUT2D eigenvalue weighted by Crippen LogP contribution is -2.36. The molecule has 0 bridgehead atoms. The molecule has 2 N–H and O–H groups in total. The van der Waals surface area contributed by atoms with E-state index in [9.17, 15) is 19.8 Å². The molecule has 6 nitrogen and oxygen atoms in total. The van der Waals surface area contributed by atoms with Gasteiger partial charge in [-0.1, -0.05) is 20.3 Å². The van der Waals surface area contributed by atoms with Crippen LogP contribution in [0.3, 0.4) is 0 Å². The predicted molar refractivity (Wildman–Crippen MR) is 87.5 cm³/mol. The molecule has 0 aromatic carbocycles. The average molecular weight is 327 g/mol. The van der Waals surface area contributed by atoms with E-state index in [0.717, 1.165) is 26.1 Å². The minimum absolute atomic E-state index is 0.0639. The molecule has 23 heavy (non-hydrogen) atoms. The van der Waals surface area contributed by atoms with Gasteiger partial charge in [0.25, 0.3) is 0 Å². The Hall–Kier alpha value is -1.40. The van der Waals surface area contributed by atoms with Crippen molar-refractivity contribution in [3.8, 4) is 0 Å². The Morgan fingerprint density at radius 3 is 2.17 bits per heavy atom. The van der Waals surface area contributed by atoms with E-state index in [2.05, 4.69) is 18.7 Å². The predicted octanol–water partition coefficient (Wildman–Crippen LogP) is 2.39. The Morgan fingerprint density at radius 2 is 1.65 bits per heavy atom. The monoisotopic (exact) mass is 327 g/mol. The molecule has 0 spiro atoms. The summed E-state index contributed by atoms with van der Waals surface area (Å²) in [7, 11) is 0. The van der Waals surface area contributed by atoms with Crippen LogP contribution in [0.1, 0.15) is 46.0 Å². The van der Waals surface area contributed by atoms with Crippen molar-refractivity contribution in [2.24, 2.45) is 5.92 Å². The van der Waals surface area contributed by atoms with Gasteiger partial charge in [-0.05, 0) is 38.1 Å². The third-order valence-electron chi connectivity index (χ3n) is 4.47. The molecule has 1 rings (SSSR count). The lowest BCUT2D eigenvalue weighted by molar-refractivity contribution is -0.136. The van der Waals surface area contributed by atoms with Gasteiger partial charge in [-0.25, -0.2) is 9.59 Å². The lowest BCUT2D eigenvalue weighted by Gasteiger charge is -2.26. The van der Waals surface area contributed by atoms with E-state index in [1.807, 2.05) is 0 Å². The number of morpholine rings is 1. The maximum absolute atomic E-state index is 11.5. The normalized spacial score (nSPS) is 18.3. The van der Waals surface area contributed by atoms with Gasteiger partial charge in [-0.2, -0.15) is 0 Å². The van der Waals surface area contributed by atoms with Crippen LogP contribution in [0, 0.1) is 5.92 Å². The second kappa shape index (κ2) is 10.4.